The lowest BCUT2D eigenvalue weighted by molar-refractivity contribution is 0.629. The highest BCUT2D eigenvalue weighted by atomic mass is 35.5. The fourth-order valence-electron chi connectivity index (χ4n) is 2.05. The summed E-state index contributed by atoms with van der Waals surface area (Å²) < 4.78 is 13.5. The molecule has 0 saturated heterocycles. The molecule has 0 saturated carbocycles. The van der Waals surface area contributed by atoms with Crippen molar-refractivity contribution in [3.05, 3.63) is 59.6 Å². The van der Waals surface area contributed by atoms with E-state index in [1.54, 1.807) is 12.4 Å². The average molecular weight is 288 g/mol. The second-order valence-corrected chi connectivity index (χ2v) is 4.79. The molecule has 1 heterocycles. The first kappa shape index (κ1) is 12.7. The Morgan fingerprint density at radius 2 is 2.00 bits per heavy atom. The van der Waals surface area contributed by atoms with Crippen molar-refractivity contribution < 1.29 is 4.39 Å². The van der Waals surface area contributed by atoms with Gasteiger partial charge in [-0.3, -0.25) is 4.98 Å². The number of anilines is 3. The van der Waals surface area contributed by atoms with Crippen LogP contribution in [0.15, 0.2) is 48.8 Å². The highest BCUT2D eigenvalue weighted by Gasteiger charge is 2.08. The summed E-state index contributed by atoms with van der Waals surface area (Å²) in [6.07, 6.45) is 3.48. The molecule has 0 radical (unpaired) electrons. The van der Waals surface area contributed by atoms with Crippen molar-refractivity contribution in [1.29, 1.82) is 0 Å². The lowest BCUT2D eigenvalue weighted by atomic mass is 10.1. The summed E-state index contributed by atoms with van der Waals surface area (Å²) in [4.78, 5) is 4.07. The molecule has 2 aromatic carbocycles. The van der Waals surface area contributed by atoms with Crippen LogP contribution in [0.5, 0.6) is 0 Å². The Hall–Kier alpha value is -2.33. The molecule has 0 spiro atoms. The number of benzene rings is 2. The number of aromatic nitrogens is 1. The molecular weight excluding hydrogens is 277 g/mol. The molecule has 0 aliphatic carbocycles. The zero-order valence-electron chi connectivity index (χ0n) is 10.4. The van der Waals surface area contributed by atoms with Gasteiger partial charge in [-0.1, -0.05) is 23.7 Å². The third kappa shape index (κ3) is 2.26. The van der Waals surface area contributed by atoms with Crippen LogP contribution in [0.25, 0.3) is 10.8 Å². The summed E-state index contributed by atoms with van der Waals surface area (Å²) >= 11 is 5.69. The minimum atomic E-state index is -0.509. The summed E-state index contributed by atoms with van der Waals surface area (Å²) in [5, 5.41) is 5.12. The smallest absolute Gasteiger partial charge is 0.144 e. The maximum atomic E-state index is 13.5. The predicted molar refractivity (Wildman–Crippen MR) is 80.8 cm³/mol. The molecule has 0 bridgehead atoms. The number of nitrogens with zero attached hydrogens (tertiary/aromatic N) is 1. The van der Waals surface area contributed by atoms with E-state index in [4.69, 9.17) is 17.3 Å². The third-order valence-electron chi connectivity index (χ3n) is 3.04. The van der Waals surface area contributed by atoms with Gasteiger partial charge in [0.05, 0.1) is 16.4 Å². The quantitative estimate of drug-likeness (QED) is 0.689. The number of nitrogens with two attached hydrogens (primary N) is 1. The number of hydrogen-bond acceptors (Lipinski definition) is 3. The fraction of sp³-hybridized carbons (Fsp3) is 0. The largest absolute Gasteiger partial charge is 0.397 e. The molecule has 0 atom stereocenters. The van der Waals surface area contributed by atoms with Crippen LogP contribution >= 0.6 is 11.6 Å². The molecule has 5 heteroatoms. The van der Waals surface area contributed by atoms with Gasteiger partial charge in [0.15, 0.2) is 0 Å². The Bertz CT molecular complexity index is 784. The summed E-state index contributed by atoms with van der Waals surface area (Å²) in [5.41, 5.74) is 7.56. The predicted octanol–water partition coefficient (Wildman–Crippen LogP) is 4.35. The highest BCUT2D eigenvalue weighted by molar-refractivity contribution is 6.31. The molecule has 20 heavy (non-hydrogen) atoms. The van der Waals surface area contributed by atoms with Crippen molar-refractivity contribution in [2.45, 2.75) is 0 Å². The van der Waals surface area contributed by atoms with E-state index in [2.05, 4.69) is 10.3 Å². The van der Waals surface area contributed by atoms with Crippen LogP contribution < -0.4 is 11.1 Å². The van der Waals surface area contributed by atoms with Crippen molar-refractivity contribution >= 4 is 39.4 Å². The molecule has 0 unspecified atom stereocenters. The second kappa shape index (κ2) is 4.98. The zero-order valence-corrected chi connectivity index (χ0v) is 11.2. The van der Waals surface area contributed by atoms with Crippen molar-refractivity contribution in [3.63, 3.8) is 0 Å². The van der Waals surface area contributed by atoms with Crippen molar-refractivity contribution in [3.8, 4) is 0 Å². The molecule has 0 fully saturated rings. The van der Waals surface area contributed by atoms with Crippen LogP contribution in [0, 0.1) is 5.82 Å². The summed E-state index contributed by atoms with van der Waals surface area (Å²) in [6, 6.07) is 10.3. The fourth-order valence-corrected chi connectivity index (χ4v) is 2.22. The van der Waals surface area contributed by atoms with Crippen molar-refractivity contribution in [2.24, 2.45) is 0 Å². The number of hydrogen-bond donors (Lipinski definition) is 2. The van der Waals surface area contributed by atoms with Gasteiger partial charge in [-0.2, -0.15) is 0 Å². The first-order chi connectivity index (χ1) is 9.65. The lowest BCUT2D eigenvalue weighted by Gasteiger charge is -2.12. The number of halogens is 2. The molecule has 0 aliphatic heterocycles. The minimum absolute atomic E-state index is 0.00942. The van der Waals surface area contributed by atoms with E-state index < -0.39 is 5.82 Å². The molecular formula is C15H11ClFN3. The lowest BCUT2D eigenvalue weighted by Crippen LogP contribution is -1.98. The summed E-state index contributed by atoms with van der Waals surface area (Å²) in [5.74, 6) is -0.509. The van der Waals surface area contributed by atoms with Crippen LogP contribution in [0.2, 0.25) is 5.02 Å². The van der Waals surface area contributed by atoms with Gasteiger partial charge in [0.25, 0.3) is 0 Å². The second-order valence-electron chi connectivity index (χ2n) is 4.38. The molecule has 0 aliphatic rings. The van der Waals surface area contributed by atoms with Gasteiger partial charge in [0, 0.05) is 34.9 Å². The number of rotatable bonds is 2. The standard InChI is InChI=1S/C15H11ClFN3/c16-11-6-13(18)15(7-12(11)17)20-14-3-1-2-9-8-19-5-4-10(9)14/h1-8,20H,18H2. The molecule has 3 N–H and O–H groups in total. The number of pyridine rings is 1. The van der Waals surface area contributed by atoms with Gasteiger partial charge in [0.2, 0.25) is 0 Å². The topological polar surface area (TPSA) is 50.9 Å². The van der Waals surface area contributed by atoms with E-state index in [0.717, 1.165) is 16.5 Å². The SMILES string of the molecule is Nc1cc(Cl)c(F)cc1Nc1cccc2cnccc12. The van der Waals surface area contributed by atoms with Crippen molar-refractivity contribution in [1.82, 2.24) is 4.98 Å². The van der Waals surface area contributed by atoms with Gasteiger partial charge in [0.1, 0.15) is 5.82 Å². The van der Waals surface area contributed by atoms with Crippen molar-refractivity contribution in [2.75, 3.05) is 11.1 Å². The first-order valence-corrected chi connectivity index (χ1v) is 6.37. The van der Waals surface area contributed by atoms with Crippen LogP contribution in [-0.4, -0.2) is 4.98 Å². The number of nitrogen functional groups attached to an aromatic ring is 1. The molecule has 100 valence electrons. The molecule has 3 rings (SSSR count). The van der Waals surface area contributed by atoms with Gasteiger partial charge >= 0.3 is 0 Å². The zero-order chi connectivity index (χ0) is 14.1. The van der Waals surface area contributed by atoms with Gasteiger partial charge in [-0.05, 0) is 18.2 Å². The first-order valence-electron chi connectivity index (χ1n) is 5.99. The Morgan fingerprint density at radius 3 is 2.85 bits per heavy atom. The van der Waals surface area contributed by atoms with E-state index >= 15 is 0 Å². The molecule has 3 nitrogen and oxygen atoms in total. The Balaban J connectivity index is 2.08. The van der Waals surface area contributed by atoms with Gasteiger partial charge in [-0.25, -0.2) is 4.39 Å². The van der Waals surface area contributed by atoms with Gasteiger partial charge < -0.3 is 11.1 Å². The number of nitrogens with one attached hydrogen (secondary N) is 1. The highest BCUT2D eigenvalue weighted by Crippen LogP contribution is 2.31. The van der Waals surface area contributed by atoms with E-state index in [1.165, 1.54) is 12.1 Å². The van der Waals surface area contributed by atoms with Gasteiger partial charge in [-0.15, -0.1) is 0 Å². The van der Waals surface area contributed by atoms with E-state index in [-0.39, 0.29) is 5.02 Å². The van der Waals surface area contributed by atoms with Crippen LogP contribution in [0.4, 0.5) is 21.5 Å². The number of fused-ring (bicyclic) bond motifs is 1. The Labute approximate surface area is 120 Å². The summed E-state index contributed by atoms with van der Waals surface area (Å²) in [6.45, 7) is 0. The minimum Gasteiger partial charge on any atom is -0.397 e. The van der Waals surface area contributed by atoms with Crippen LogP contribution in [-0.2, 0) is 0 Å². The maximum Gasteiger partial charge on any atom is 0.144 e. The summed E-state index contributed by atoms with van der Waals surface area (Å²) in [7, 11) is 0. The molecule has 0 amide bonds. The van der Waals surface area contributed by atoms with Crippen LogP contribution in [0.1, 0.15) is 0 Å². The molecule has 3 aromatic rings. The third-order valence-corrected chi connectivity index (χ3v) is 3.33. The normalized spacial score (nSPS) is 10.7. The Morgan fingerprint density at radius 1 is 1.15 bits per heavy atom. The maximum absolute atomic E-state index is 13.5. The average Bonchev–Trinajstić information content (AvgIpc) is 2.45. The van der Waals surface area contributed by atoms with E-state index in [0.29, 0.717) is 11.4 Å². The Kier molecular flexibility index (Phi) is 3.16. The monoisotopic (exact) mass is 287 g/mol. The van der Waals surface area contributed by atoms with E-state index in [9.17, 15) is 4.39 Å². The van der Waals surface area contributed by atoms with E-state index in [1.807, 2.05) is 24.3 Å². The molecule has 1 aromatic heterocycles. The van der Waals surface area contributed by atoms with Crippen LogP contribution in [0.3, 0.4) is 0 Å².